The molecule has 1 saturated heterocycles. The molecule has 2 heterocycles. The van der Waals surface area contributed by atoms with Gasteiger partial charge in [-0.05, 0) is 41.0 Å². The van der Waals surface area contributed by atoms with E-state index in [1.165, 1.54) is 28.1 Å². The average Bonchev–Trinajstić information content (AvgIpc) is 2.81. The highest BCUT2D eigenvalue weighted by Gasteiger charge is 2.30. The Morgan fingerprint density at radius 1 is 0.867 bits per heavy atom. The second-order valence-electron chi connectivity index (χ2n) is 7.98. The van der Waals surface area contributed by atoms with Gasteiger partial charge in [-0.3, -0.25) is 4.90 Å². The van der Waals surface area contributed by atoms with Gasteiger partial charge in [0, 0.05) is 44.0 Å². The number of rotatable bonds is 5. The first kappa shape index (κ1) is 19.2. The third-order valence-electron chi connectivity index (χ3n) is 6.19. The zero-order valence-electron chi connectivity index (χ0n) is 17.5. The molecule has 2 aliphatic rings. The number of ether oxygens (including phenoxy) is 2. The fourth-order valence-electron chi connectivity index (χ4n) is 4.62. The molecule has 5 rings (SSSR count). The topological polar surface area (TPSA) is 24.9 Å². The van der Waals surface area contributed by atoms with Crippen molar-refractivity contribution in [2.75, 3.05) is 51.4 Å². The number of nitrogens with zero attached hydrogens (tertiary/aromatic N) is 2. The highest BCUT2D eigenvalue weighted by molar-refractivity contribution is 5.78. The molecule has 0 saturated carbocycles. The minimum absolute atomic E-state index is 0.205. The van der Waals surface area contributed by atoms with Gasteiger partial charge in [0.05, 0.1) is 13.2 Å². The summed E-state index contributed by atoms with van der Waals surface area (Å²) in [4.78, 5) is 4.69. The Morgan fingerprint density at radius 2 is 1.60 bits per heavy atom. The Morgan fingerprint density at radius 3 is 2.43 bits per heavy atom. The lowest BCUT2D eigenvalue weighted by molar-refractivity contribution is 0.0322. The molecule has 3 aromatic rings. The lowest BCUT2D eigenvalue weighted by Gasteiger charge is -2.36. The van der Waals surface area contributed by atoms with Gasteiger partial charge in [0.15, 0.2) is 0 Å². The van der Waals surface area contributed by atoms with E-state index in [1.807, 2.05) is 0 Å². The molecule has 2 aliphatic heterocycles. The number of morpholine rings is 1. The number of benzene rings is 3. The lowest BCUT2D eigenvalue weighted by Crippen LogP contribution is -2.38. The summed E-state index contributed by atoms with van der Waals surface area (Å²) < 4.78 is 11.6. The van der Waals surface area contributed by atoms with Gasteiger partial charge in [-0.2, -0.15) is 0 Å². The molecule has 0 spiro atoms. The lowest BCUT2D eigenvalue weighted by atomic mass is 9.80. The highest BCUT2D eigenvalue weighted by Crippen LogP contribution is 2.48. The Bertz CT molecular complexity index is 999. The van der Waals surface area contributed by atoms with Crippen LogP contribution in [0.4, 0.5) is 11.4 Å². The molecular weight excluding hydrogens is 372 g/mol. The fraction of sp³-hybridized carbons (Fsp3) is 0.308. The summed E-state index contributed by atoms with van der Waals surface area (Å²) >= 11 is 0. The van der Waals surface area contributed by atoms with E-state index in [0.717, 1.165) is 38.6 Å². The maximum absolute atomic E-state index is 6.18. The third-order valence-corrected chi connectivity index (χ3v) is 6.19. The van der Waals surface area contributed by atoms with Crippen LogP contribution in [0.1, 0.15) is 22.6 Å². The second-order valence-corrected chi connectivity index (χ2v) is 7.98. The van der Waals surface area contributed by atoms with Crippen LogP contribution in [0, 0.1) is 0 Å². The van der Waals surface area contributed by atoms with Crippen LogP contribution in [0.2, 0.25) is 0 Å². The molecule has 0 aliphatic carbocycles. The third kappa shape index (κ3) is 3.69. The van der Waals surface area contributed by atoms with Gasteiger partial charge in [-0.1, -0.05) is 48.5 Å². The van der Waals surface area contributed by atoms with Gasteiger partial charge in [-0.15, -0.1) is 0 Å². The SMILES string of the molecule is CN1c2ccccc2C(c2ccccc2)c2cc(OCCN3CCOCC3)ccc21. The van der Waals surface area contributed by atoms with E-state index >= 15 is 0 Å². The van der Waals surface area contributed by atoms with Gasteiger partial charge in [0.2, 0.25) is 0 Å². The fourth-order valence-corrected chi connectivity index (χ4v) is 4.62. The Balaban J connectivity index is 1.45. The Hall–Kier alpha value is -2.82. The maximum Gasteiger partial charge on any atom is 0.119 e. The Kier molecular flexibility index (Phi) is 5.43. The maximum atomic E-state index is 6.18. The van der Waals surface area contributed by atoms with Crippen LogP contribution in [0.5, 0.6) is 5.75 Å². The molecule has 30 heavy (non-hydrogen) atoms. The number of hydrogen-bond donors (Lipinski definition) is 0. The molecule has 1 unspecified atom stereocenters. The molecule has 0 aromatic heterocycles. The minimum Gasteiger partial charge on any atom is -0.492 e. The number of anilines is 2. The molecule has 0 amide bonds. The van der Waals surface area contributed by atoms with Crippen LogP contribution in [0.25, 0.3) is 0 Å². The summed E-state index contributed by atoms with van der Waals surface area (Å²) in [6, 6.07) is 26.0. The number of hydrogen-bond acceptors (Lipinski definition) is 4. The van der Waals surface area contributed by atoms with Gasteiger partial charge < -0.3 is 14.4 Å². The smallest absolute Gasteiger partial charge is 0.119 e. The molecule has 1 atom stereocenters. The van der Waals surface area contributed by atoms with Crippen LogP contribution >= 0.6 is 0 Å². The second kappa shape index (κ2) is 8.50. The molecule has 154 valence electrons. The molecule has 4 nitrogen and oxygen atoms in total. The zero-order valence-corrected chi connectivity index (χ0v) is 17.5. The summed E-state index contributed by atoms with van der Waals surface area (Å²) in [5.74, 6) is 1.15. The normalized spacial score (nSPS) is 18.6. The van der Waals surface area contributed by atoms with Gasteiger partial charge in [0.1, 0.15) is 12.4 Å². The summed E-state index contributed by atoms with van der Waals surface area (Å²) in [6.07, 6.45) is 0. The molecule has 0 radical (unpaired) electrons. The van der Waals surface area contributed by atoms with Gasteiger partial charge >= 0.3 is 0 Å². The van der Waals surface area contributed by atoms with Gasteiger partial charge in [0.25, 0.3) is 0 Å². The van der Waals surface area contributed by atoms with Crippen molar-refractivity contribution in [1.82, 2.24) is 4.90 Å². The van der Waals surface area contributed by atoms with E-state index in [0.29, 0.717) is 6.61 Å². The van der Waals surface area contributed by atoms with Crippen molar-refractivity contribution >= 4 is 11.4 Å². The Labute approximate surface area is 178 Å². The minimum atomic E-state index is 0.205. The van der Waals surface area contributed by atoms with E-state index in [1.54, 1.807) is 0 Å². The van der Waals surface area contributed by atoms with E-state index in [2.05, 4.69) is 89.6 Å². The van der Waals surface area contributed by atoms with Crippen LogP contribution in [0.3, 0.4) is 0 Å². The summed E-state index contributed by atoms with van der Waals surface area (Å²) in [5.41, 5.74) is 6.45. The van der Waals surface area contributed by atoms with Crippen molar-refractivity contribution in [2.24, 2.45) is 0 Å². The van der Waals surface area contributed by atoms with E-state index < -0.39 is 0 Å². The molecule has 0 N–H and O–H groups in total. The monoisotopic (exact) mass is 400 g/mol. The first-order chi connectivity index (χ1) is 14.8. The van der Waals surface area contributed by atoms with Crippen molar-refractivity contribution in [3.05, 3.63) is 89.5 Å². The van der Waals surface area contributed by atoms with Gasteiger partial charge in [-0.25, -0.2) is 0 Å². The highest BCUT2D eigenvalue weighted by atomic mass is 16.5. The van der Waals surface area contributed by atoms with Crippen LogP contribution < -0.4 is 9.64 Å². The van der Waals surface area contributed by atoms with Crippen LogP contribution in [-0.4, -0.2) is 51.4 Å². The van der Waals surface area contributed by atoms with Crippen molar-refractivity contribution in [3.63, 3.8) is 0 Å². The molecular formula is C26H28N2O2. The number of fused-ring (bicyclic) bond motifs is 2. The van der Waals surface area contributed by atoms with Crippen molar-refractivity contribution < 1.29 is 9.47 Å². The molecule has 3 aromatic carbocycles. The quantitative estimate of drug-likeness (QED) is 0.622. The van der Waals surface area contributed by atoms with Crippen LogP contribution in [0.15, 0.2) is 72.8 Å². The molecule has 4 heteroatoms. The predicted molar refractivity (Wildman–Crippen MR) is 121 cm³/mol. The van der Waals surface area contributed by atoms with Crippen molar-refractivity contribution in [3.8, 4) is 5.75 Å². The standard InChI is InChI=1S/C26H28N2O2/c1-27-24-10-6-5-9-22(24)26(20-7-3-2-4-8-20)23-19-21(11-12-25(23)27)30-18-15-28-13-16-29-17-14-28/h2-12,19,26H,13-18H2,1H3. The van der Waals surface area contributed by atoms with E-state index in [-0.39, 0.29) is 5.92 Å². The molecule has 0 bridgehead atoms. The summed E-state index contributed by atoms with van der Waals surface area (Å²) in [5, 5.41) is 0. The summed E-state index contributed by atoms with van der Waals surface area (Å²) in [6.45, 7) is 5.26. The summed E-state index contributed by atoms with van der Waals surface area (Å²) in [7, 11) is 2.15. The first-order valence-electron chi connectivity index (χ1n) is 10.8. The average molecular weight is 401 g/mol. The van der Waals surface area contributed by atoms with Crippen molar-refractivity contribution in [1.29, 1.82) is 0 Å². The van der Waals surface area contributed by atoms with Crippen molar-refractivity contribution in [2.45, 2.75) is 5.92 Å². The molecule has 1 fully saturated rings. The largest absolute Gasteiger partial charge is 0.492 e. The van der Waals surface area contributed by atoms with Crippen LogP contribution in [-0.2, 0) is 4.74 Å². The predicted octanol–water partition coefficient (Wildman–Crippen LogP) is 4.66. The number of para-hydroxylation sites is 1. The van der Waals surface area contributed by atoms with E-state index in [9.17, 15) is 0 Å². The first-order valence-corrected chi connectivity index (χ1v) is 10.8. The van der Waals surface area contributed by atoms with E-state index in [4.69, 9.17) is 9.47 Å². The zero-order chi connectivity index (χ0) is 20.3.